The SMILES string of the molecule is NCNc1ccc(N=Nc2ccccc2)cc1. The van der Waals surface area contributed by atoms with Crippen LogP contribution < -0.4 is 11.1 Å². The molecule has 0 radical (unpaired) electrons. The molecule has 2 rings (SSSR count). The number of nitrogens with two attached hydrogens (primary N) is 1. The van der Waals surface area contributed by atoms with E-state index in [1.165, 1.54) is 0 Å². The molecular weight excluding hydrogens is 212 g/mol. The maximum absolute atomic E-state index is 5.38. The van der Waals surface area contributed by atoms with Gasteiger partial charge in [-0.25, -0.2) is 0 Å². The molecule has 0 atom stereocenters. The van der Waals surface area contributed by atoms with Crippen LogP contribution in [0.1, 0.15) is 0 Å². The average Bonchev–Trinajstić information content (AvgIpc) is 2.40. The van der Waals surface area contributed by atoms with Gasteiger partial charge < -0.3 is 11.1 Å². The zero-order valence-electron chi connectivity index (χ0n) is 9.38. The molecule has 86 valence electrons. The average molecular weight is 226 g/mol. The van der Waals surface area contributed by atoms with Crippen LogP contribution in [-0.4, -0.2) is 6.67 Å². The molecule has 0 unspecified atom stereocenters. The first-order valence-corrected chi connectivity index (χ1v) is 5.39. The van der Waals surface area contributed by atoms with Crippen LogP contribution in [0.25, 0.3) is 0 Å². The Morgan fingerprint density at radius 3 is 2.00 bits per heavy atom. The van der Waals surface area contributed by atoms with Crippen molar-refractivity contribution in [2.45, 2.75) is 0 Å². The predicted molar refractivity (Wildman–Crippen MR) is 69.7 cm³/mol. The van der Waals surface area contributed by atoms with Gasteiger partial charge in [0.15, 0.2) is 0 Å². The first kappa shape index (κ1) is 11.3. The summed E-state index contributed by atoms with van der Waals surface area (Å²) in [4.78, 5) is 0. The molecule has 0 spiro atoms. The third-order valence-corrected chi connectivity index (χ3v) is 2.21. The van der Waals surface area contributed by atoms with Crippen LogP contribution in [-0.2, 0) is 0 Å². The fourth-order valence-electron chi connectivity index (χ4n) is 1.37. The Morgan fingerprint density at radius 2 is 1.41 bits per heavy atom. The maximum Gasteiger partial charge on any atom is 0.0858 e. The lowest BCUT2D eigenvalue weighted by atomic mass is 10.3. The molecule has 0 aromatic heterocycles. The number of nitrogens with one attached hydrogen (secondary N) is 1. The molecule has 0 aliphatic carbocycles. The number of azo groups is 1. The lowest BCUT2D eigenvalue weighted by molar-refractivity contribution is 1.14. The molecule has 0 aliphatic rings. The van der Waals surface area contributed by atoms with Crippen LogP contribution in [0.3, 0.4) is 0 Å². The summed E-state index contributed by atoms with van der Waals surface area (Å²) < 4.78 is 0. The third-order valence-electron chi connectivity index (χ3n) is 2.21. The second kappa shape index (κ2) is 5.77. The summed E-state index contributed by atoms with van der Waals surface area (Å²) in [5.41, 5.74) is 8.02. The van der Waals surface area contributed by atoms with Crippen LogP contribution >= 0.6 is 0 Å². The fraction of sp³-hybridized carbons (Fsp3) is 0.0769. The van der Waals surface area contributed by atoms with Crippen LogP contribution in [0.4, 0.5) is 17.1 Å². The fourth-order valence-corrected chi connectivity index (χ4v) is 1.37. The van der Waals surface area contributed by atoms with Gasteiger partial charge in [0.05, 0.1) is 18.0 Å². The van der Waals surface area contributed by atoms with Crippen molar-refractivity contribution >= 4 is 17.1 Å². The highest BCUT2D eigenvalue weighted by Crippen LogP contribution is 2.19. The van der Waals surface area contributed by atoms with Gasteiger partial charge in [-0.05, 0) is 36.4 Å². The van der Waals surface area contributed by atoms with Crippen molar-refractivity contribution < 1.29 is 0 Å². The van der Waals surface area contributed by atoms with Gasteiger partial charge in [0.25, 0.3) is 0 Å². The summed E-state index contributed by atoms with van der Waals surface area (Å²) in [5.74, 6) is 0. The number of rotatable bonds is 4. The van der Waals surface area contributed by atoms with E-state index in [0.29, 0.717) is 6.67 Å². The Balaban J connectivity index is 2.06. The van der Waals surface area contributed by atoms with Crippen molar-refractivity contribution in [2.75, 3.05) is 12.0 Å². The quantitative estimate of drug-likeness (QED) is 0.619. The van der Waals surface area contributed by atoms with Gasteiger partial charge in [-0.15, -0.1) is 0 Å². The number of nitrogens with zero attached hydrogens (tertiary/aromatic N) is 2. The Morgan fingerprint density at radius 1 is 0.824 bits per heavy atom. The van der Waals surface area contributed by atoms with Crippen LogP contribution in [0, 0.1) is 0 Å². The summed E-state index contributed by atoms with van der Waals surface area (Å²) >= 11 is 0. The molecule has 4 heteroatoms. The summed E-state index contributed by atoms with van der Waals surface area (Å²) in [6.45, 7) is 0.422. The summed E-state index contributed by atoms with van der Waals surface area (Å²) in [5, 5.41) is 11.3. The lowest BCUT2D eigenvalue weighted by Crippen LogP contribution is -2.10. The van der Waals surface area contributed by atoms with Gasteiger partial charge in [-0.1, -0.05) is 18.2 Å². The van der Waals surface area contributed by atoms with Crippen molar-refractivity contribution in [1.82, 2.24) is 0 Å². The van der Waals surface area contributed by atoms with Gasteiger partial charge in [0, 0.05) is 5.69 Å². The van der Waals surface area contributed by atoms with E-state index in [9.17, 15) is 0 Å². The monoisotopic (exact) mass is 226 g/mol. The molecule has 17 heavy (non-hydrogen) atoms. The topological polar surface area (TPSA) is 62.8 Å². The molecule has 0 heterocycles. The second-order valence-corrected chi connectivity index (χ2v) is 3.46. The zero-order chi connectivity index (χ0) is 11.9. The van der Waals surface area contributed by atoms with E-state index in [-0.39, 0.29) is 0 Å². The molecule has 2 aromatic carbocycles. The minimum atomic E-state index is 0.422. The van der Waals surface area contributed by atoms with E-state index in [0.717, 1.165) is 17.1 Å². The van der Waals surface area contributed by atoms with Gasteiger partial charge in [0.1, 0.15) is 0 Å². The Kier molecular flexibility index (Phi) is 3.83. The van der Waals surface area contributed by atoms with Crippen molar-refractivity contribution in [3.63, 3.8) is 0 Å². The molecule has 0 saturated carbocycles. The molecule has 4 nitrogen and oxygen atoms in total. The maximum atomic E-state index is 5.38. The van der Waals surface area contributed by atoms with E-state index in [1.54, 1.807) is 0 Å². The van der Waals surface area contributed by atoms with Gasteiger partial charge in [-0.3, -0.25) is 0 Å². The van der Waals surface area contributed by atoms with Crippen molar-refractivity contribution in [2.24, 2.45) is 16.0 Å². The standard InChI is InChI=1S/C13H14N4/c14-10-15-11-6-8-13(9-7-11)17-16-12-4-2-1-3-5-12/h1-9,15H,10,14H2. The Labute approximate surface area is 100 Å². The van der Waals surface area contributed by atoms with Gasteiger partial charge in [-0.2, -0.15) is 10.2 Å². The van der Waals surface area contributed by atoms with Crippen LogP contribution in [0.2, 0.25) is 0 Å². The normalized spacial score (nSPS) is 10.6. The molecule has 0 fully saturated rings. The van der Waals surface area contributed by atoms with Crippen molar-refractivity contribution in [3.05, 3.63) is 54.6 Å². The largest absolute Gasteiger partial charge is 0.373 e. The minimum Gasteiger partial charge on any atom is -0.373 e. The Hall–Kier alpha value is -2.20. The number of anilines is 1. The summed E-state index contributed by atoms with van der Waals surface area (Å²) in [6, 6.07) is 17.3. The van der Waals surface area contributed by atoms with Crippen LogP contribution in [0.15, 0.2) is 64.8 Å². The summed E-state index contributed by atoms with van der Waals surface area (Å²) in [6.07, 6.45) is 0. The Bertz CT molecular complexity index is 477. The van der Waals surface area contributed by atoms with E-state index in [1.807, 2.05) is 54.6 Å². The number of benzene rings is 2. The molecule has 3 N–H and O–H groups in total. The van der Waals surface area contributed by atoms with Gasteiger partial charge in [0.2, 0.25) is 0 Å². The van der Waals surface area contributed by atoms with Crippen LogP contribution in [0.5, 0.6) is 0 Å². The molecule has 0 amide bonds. The zero-order valence-corrected chi connectivity index (χ0v) is 9.38. The molecular formula is C13H14N4. The highest BCUT2D eigenvalue weighted by atomic mass is 15.1. The van der Waals surface area contributed by atoms with Crippen molar-refractivity contribution in [1.29, 1.82) is 0 Å². The third kappa shape index (κ3) is 3.39. The molecule has 2 aromatic rings. The second-order valence-electron chi connectivity index (χ2n) is 3.46. The van der Waals surface area contributed by atoms with E-state index >= 15 is 0 Å². The highest BCUT2D eigenvalue weighted by molar-refractivity contribution is 5.50. The van der Waals surface area contributed by atoms with E-state index in [2.05, 4.69) is 15.5 Å². The first-order chi connectivity index (χ1) is 8.38. The first-order valence-electron chi connectivity index (χ1n) is 5.39. The summed E-state index contributed by atoms with van der Waals surface area (Å²) in [7, 11) is 0. The predicted octanol–water partition coefficient (Wildman–Crippen LogP) is 3.43. The molecule has 0 aliphatic heterocycles. The molecule has 0 bridgehead atoms. The number of hydrogen-bond acceptors (Lipinski definition) is 4. The lowest BCUT2D eigenvalue weighted by Gasteiger charge is -2.01. The van der Waals surface area contributed by atoms with Crippen molar-refractivity contribution in [3.8, 4) is 0 Å². The van der Waals surface area contributed by atoms with E-state index in [4.69, 9.17) is 5.73 Å². The minimum absolute atomic E-state index is 0.422. The van der Waals surface area contributed by atoms with Gasteiger partial charge >= 0.3 is 0 Å². The van der Waals surface area contributed by atoms with E-state index < -0.39 is 0 Å². The number of hydrogen-bond donors (Lipinski definition) is 2. The smallest absolute Gasteiger partial charge is 0.0858 e. The molecule has 0 saturated heterocycles. The highest BCUT2D eigenvalue weighted by Gasteiger charge is 1.91.